The van der Waals surface area contributed by atoms with Crippen molar-refractivity contribution in [3.05, 3.63) is 12.7 Å². The van der Waals surface area contributed by atoms with E-state index in [1.165, 1.54) is 13.2 Å². The summed E-state index contributed by atoms with van der Waals surface area (Å²) in [4.78, 5) is 0. The second kappa shape index (κ2) is 6.62. The third-order valence-electron chi connectivity index (χ3n) is 7.11. The maximum absolute atomic E-state index is 14.2. The van der Waals surface area contributed by atoms with E-state index in [2.05, 4.69) is 6.58 Å². The highest BCUT2D eigenvalue weighted by atomic mass is 19.4. The summed E-state index contributed by atoms with van der Waals surface area (Å²) in [5.74, 6) is -1.12. The maximum atomic E-state index is 14.2. The van der Waals surface area contributed by atoms with Gasteiger partial charge in [0.15, 0.2) is 5.41 Å². The van der Waals surface area contributed by atoms with Gasteiger partial charge in [-0.25, -0.2) is 0 Å². The first-order chi connectivity index (χ1) is 12.5. The van der Waals surface area contributed by atoms with Crippen molar-refractivity contribution < 1.29 is 40.6 Å². The molecule has 0 heterocycles. The average Bonchev–Trinajstić information content (AvgIpc) is 3.21. The molecule has 0 aliphatic heterocycles. The summed E-state index contributed by atoms with van der Waals surface area (Å²) in [6.45, 7) is 3.19. The fourth-order valence-electron chi connectivity index (χ4n) is 6.21. The Morgan fingerprint density at radius 2 is 1.63 bits per heavy atom. The average molecular weight is 402 g/mol. The first-order valence-electron chi connectivity index (χ1n) is 9.02. The molecule has 0 N–H and O–H groups in total. The number of hydrogen-bond acceptors (Lipinski definition) is 3. The molecule has 0 saturated heterocycles. The van der Waals surface area contributed by atoms with Crippen molar-refractivity contribution >= 4 is 0 Å². The van der Waals surface area contributed by atoms with Crippen LogP contribution in [0.1, 0.15) is 32.1 Å². The molecule has 27 heavy (non-hydrogen) atoms. The van der Waals surface area contributed by atoms with Gasteiger partial charge in [-0.2, -0.15) is 26.3 Å². The topological polar surface area (TPSA) is 27.7 Å². The van der Waals surface area contributed by atoms with Gasteiger partial charge in [-0.3, -0.25) is 0 Å². The van der Waals surface area contributed by atoms with Gasteiger partial charge in [0.1, 0.15) is 12.4 Å². The van der Waals surface area contributed by atoms with Crippen molar-refractivity contribution in [1.29, 1.82) is 0 Å². The largest absolute Gasteiger partial charge is 0.406 e. The lowest BCUT2D eigenvalue weighted by molar-refractivity contribution is -0.407. The smallest absolute Gasteiger partial charge is 0.382 e. The normalized spacial score (nSPS) is 37.6. The molecule has 2 bridgehead atoms. The van der Waals surface area contributed by atoms with E-state index >= 15 is 0 Å². The zero-order chi connectivity index (χ0) is 20.1. The fraction of sp³-hybridized carbons (Fsp3) is 0.889. The van der Waals surface area contributed by atoms with Crippen LogP contribution in [0.3, 0.4) is 0 Å². The summed E-state index contributed by atoms with van der Waals surface area (Å²) in [7, 11) is 1.41. The van der Waals surface area contributed by atoms with Crippen molar-refractivity contribution in [2.45, 2.75) is 50.1 Å². The molecular weight excluding hydrogens is 378 g/mol. The number of fused-ring (bicyclic) bond motifs is 5. The number of ether oxygens (including phenoxy) is 3. The Morgan fingerprint density at radius 1 is 1.00 bits per heavy atom. The zero-order valence-electron chi connectivity index (χ0n) is 15.1. The molecule has 3 aliphatic carbocycles. The third kappa shape index (κ3) is 2.46. The summed E-state index contributed by atoms with van der Waals surface area (Å²) >= 11 is 0. The molecule has 4 unspecified atom stereocenters. The second-order valence-electron chi connectivity index (χ2n) is 7.75. The highest BCUT2D eigenvalue weighted by Crippen LogP contribution is 2.81. The minimum absolute atomic E-state index is 0.0206. The molecule has 3 fully saturated rings. The number of alkyl halides is 6. The minimum atomic E-state index is -5.49. The van der Waals surface area contributed by atoms with E-state index < -0.39 is 47.9 Å². The summed E-state index contributed by atoms with van der Waals surface area (Å²) in [5.41, 5.74) is -7.72. The Morgan fingerprint density at radius 3 is 2.19 bits per heavy atom. The predicted molar refractivity (Wildman–Crippen MR) is 83.7 cm³/mol. The standard InChI is InChI=1S/C18H24F6O3/c1-3-14-6-7-15(17(19,20)21,18(22,23)24)16(14,13-5-4-12(14)10-13)27-11-26-9-8-25-2/h3,12-13H,1,4-11H2,2H3. The lowest BCUT2D eigenvalue weighted by Gasteiger charge is -2.55. The van der Waals surface area contributed by atoms with E-state index in [0.717, 1.165) is 0 Å². The molecular formula is C18H24F6O3. The van der Waals surface area contributed by atoms with Crippen LogP contribution in [0.2, 0.25) is 0 Å². The van der Waals surface area contributed by atoms with Crippen LogP contribution >= 0.6 is 0 Å². The maximum Gasteiger partial charge on any atom is 0.406 e. The molecule has 3 saturated carbocycles. The van der Waals surface area contributed by atoms with Crippen LogP contribution in [0.15, 0.2) is 12.7 Å². The lowest BCUT2D eigenvalue weighted by atomic mass is 9.57. The van der Waals surface area contributed by atoms with Crippen LogP contribution in [0.25, 0.3) is 0 Å². The van der Waals surface area contributed by atoms with Crippen LogP contribution in [-0.2, 0) is 14.2 Å². The molecule has 9 heteroatoms. The molecule has 0 aromatic carbocycles. The van der Waals surface area contributed by atoms with Crippen LogP contribution in [0, 0.1) is 22.7 Å². The Bertz CT molecular complexity index is 560. The summed E-state index contributed by atoms with van der Waals surface area (Å²) in [6, 6.07) is 0. The van der Waals surface area contributed by atoms with Crippen LogP contribution in [-0.4, -0.2) is 45.1 Å². The van der Waals surface area contributed by atoms with E-state index in [9.17, 15) is 26.3 Å². The highest BCUT2D eigenvalue weighted by Gasteiger charge is 2.90. The molecule has 0 radical (unpaired) electrons. The van der Waals surface area contributed by atoms with Crippen molar-refractivity contribution in [2.24, 2.45) is 22.7 Å². The van der Waals surface area contributed by atoms with Gasteiger partial charge < -0.3 is 14.2 Å². The van der Waals surface area contributed by atoms with E-state index in [1.54, 1.807) is 0 Å². The van der Waals surface area contributed by atoms with Crippen molar-refractivity contribution in [1.82, 2.24) is 0 Å². The predicted octanol–water partition coefficient (Wildman–Crippen LogP) is 4.87. The highest BCUT2D eigenvalue weighted by molar-refractivity contribution is 5.33. The molecule has 156 valence electrons. The molecule has 0 aromatic rings. The summed E-state index contributed by atoms with van der Waals surface area (Å²) in [5, 5.41) is 0. The molecule has 3 nitrogen and oxygen atoms in total. The van der Waals surface area contributed by atoms with Gasteiger partial charge in [-0.05, 0) is 43.9 Å². The Hall–Kier alpha value is -0.800. The number of hydrogen-bond donors (Lipinski definition) is 0. The lowest BCUT2D eigenvalue weighted by Crippen LogP contribution is -2.69. The number of halogens is 6. The van der Waals surface area contributed by atoms with Gasteiger partial charge in [0.25, 0.3) is 0 Å². The third-order valence-corrected chi connectivity index (χ3v) is 7.11. The van der Waals surface area contributed by atoms with E-state index in [4.69, 9.17) is 14.2 Å². The fourth-order valence-corrected chi connectivity index (χ4v) is 6.21. The van der Waals surface area contributed by atoms with Gasteiger partial charge in [-0.15, -0.1) is 6.58 Å². The van der Waals surface area contributed by atoms with Gasteiger partial charge >= 0.3 is 12.4 Å². The molecule has 4 atom stereocenters. The van der Waals surface area contributed by atoms with Crippen molar-refractivity contribution in [3.63, 3.8) is 0 Å². The van der Waals surface area contributed by atoms with Gasteiger partial charge in [0.2, 0.25) is 0 Å². The van der Waals surface area contributed by atoms with Gasteiger partial charge in [0, 0.05) is 12.5 Å². The molecule has 0 aromatic heterocycles. The van der Waals surface area contributed by atoms with Gasteiger partial charge in [-0.1, -0.05) is 6.08 Å². The second-order valence-corrected chi connectivity index (χ2v) is 7.75. The molecule has 3 aliphatic rings. The molecule has 0 amide bonds. The first kappa shape index (κ1) is 20.9. The SMILES string of the molecule is C=CC12CCC(C(F)(F)F)(C(F)(F)F)C1(OCOCCOC)C1CCC2C1. The minimum Gasteiger partial charge on any atom is -0.382 e. The summed E-state index contributed by atoms with van der Waals surface area (Å²) < 4.78 is 100. The Balaban J connectivity index is 2.10. The van der Waals surface area contributed by atoms with Crippen molar-refractivity contribution in [2.75, 3.05) is 27.1 Å². The molecule has 0 spiro atoms. The monoisotopic (exact) mass is 402 g/mol. The van der Waals surface area contributed by atoms with Gasteiger partial charge in [0.05, 0.1) is 13.2 Å². The quantitative estimate of drug-likeness (QED) is 0.263. The zero-order valence-corrected chi connectivity index (χ0v) is 15.1. The van der Waals surface area contributed by atoms with E-state index in [-0.39, 0.29) is 38.4 Å². The van der Waals surface area contributed by atoms with E-state index in [1.807, 2.05) is 0 Å². The van der Waals surface area contributed by atoms with Crippen molar-refractivity contribution in [3.8, 4) is 0 Å². The van der Waals surface area contributed by atoms with Crippen LogP contribution in [0.5, 0.6) is 0 Å². The summed E-state index contributed by atoms with van der Waals surface area (Å²) in [6.07, 6.45) is -9.81. The number of rotatable bonds is 7. The Kier molecular flexibility index (Phi) is 5.13. The first-order valence-corrected chi connectivity index (χ1v) is 9.02. The molecule has 3 rings (SSSR count). The van der Waals surface area contributed by atoms with Crippen LogP contribution < -0.4 is 0 Å². The van der Waals surface area contributed by atoms with Crippen LogP contribution in [0.4, 0.5) is 26.3 Å². The van der Waals surface area contributed by atoms with E-state index in [0.29, 0.717) is 6.42 Å². The number of methoxy groups -OCH3 is 1. The Labute approximate surface area is 154 Å².